The Kier molecular flexibility index (Phi) is 6.47. The summed E-state index contributed by atoms with van der Waals surface area (Å²) in [6.07, 6.45) is 1.13. The Bertz CT molecular complexity index is 673. The van der Waals surface area contributed by atoms with Crippen molar-refractivity contribution in [2.45, 2.75) is 19.4 Å². The van der Waals surface area contributed by atoms with Gasteiger partial charge in [-0.3, -0.25) is 4.79 Å². The van der Waals surface area contributed by atoms with E-state index < -0.39 is 0 Å². The van der Waals surface area contributed by atoms with Gasteiger partial charge >= 0.3 is 0 Å². The number of ether oxygens (including phenoxy) is 2. The van der Waals surface area contributed by atoms with Crippen molar-refractivity contribution in [1.29, 1.82) is 0 Å². The van der Waals surface area contributed by atoms with Crippen molar-refractivity contribution in [3.8, 4) is 11.5 Å². The van der Waals surface area contributed by atoms with Gasteiger partial charge in [0.15, 0.2) is 0 Å². The predicted octanol–water partition coefficient (Wildman–Crippen LogP) is 3.72. The number of hydrogen-bond acceptors (Lipinski definition) is 3. The van der Waals surface area contributed by atoms with E-state index in [-0.39, 0.29) is 5.91 Å². The van der Waals surface area contributed by atoms with Crippen LogP contribution >= 0.6 is 15.9 Å². The third-order valence-electron chi connectivity index (χ3n) is 3.48. The minimum absolute atomic E-state index is 0.0276. The van der Waals surface area contributed by atoms with Gasteiger partial charge in [0.05, 0.1) is 18.7 Å². The van der Waals surface area contributed by atoms with E-state index in [0.717, 1.165) is 27.1 Å². The molecule has 0 fully saturated rings. The summed E-state index contributed by atoms with van der Waals surface area (Å²) in [7, 11) is 3.26. The standard InChI is InChI=1S/C18H20BrNO3/c1-22-15-5-3-4-14(10-15)12-20-18(21)9-7-13-6-8-17(23-2)16(19)11-13/h3-6,8,10-11H,7,9,12H2,1-2H3,(H,20,21). The van der Waals surface area contributed by atoms with Gasteiger partial charge in [-0.25, -0.2) is 0 Å². The van der Waals surface area contributed by atoms with Crippen LogP contribution in [0.2, 0.25) is 0 Å². The highest BCUT2D eigenvalue weighted by molar-refractivity contribution is 9.10. The highest BCUT2D eigenvalue weighted by Crippen LogP contribution is 2.25. The number of halogens is 1. The SMILES string of the molecule is COc1cccc(CNC(=O)CCc2ccc(OC)c(Br)c2)c1. The third kappa shape index (κ3) is 5.28. The minimum atomic E-state index is 0.0276. The molecule has 0 aliphatic heterocycles. The van der Waals surface area contributed by atoms with Crippen LogP contribution in [-0.2, 0) is 17.8 Å². The topological polar surface area (TPSA) is 47.6 Å². The summed E-state index contributed by atoms with van der Waals surface area (Å²) in [5.74, 6) is 1.61. The Hall–Kier alpha value is -2.01. The zero-order valence-electron chi connectivity index (χ0n) is 13.3. The number of methoxy groups -OCH3 is 2. The monoisotopic (exact) mass is 377 g/mol. The molecule has 0 aliphatic carbocycles. The zero-order valence-corrected chi connectivity index (χ0v) is 14.9. The number of benzene rings is 2. The van der Waals surface area contributed by atoms with E-state index >= 15 is 0 Å². The molecule has 122 valence electrons. The van der Waals surface area contributed by atoms with Gasteiger partial charge in [-0.15, -0.1) is 0 Å². The summed E-state index contributed by atoms with van der Waals surface area (Å²) < 4.78 is 11.3. The van der Waals surface area contributed by atoms with E-state index in [0.29, 0.717) is 19.4 Å². The molecule has 0 saturated carbocycles. The Balaban J connectivity index is 1.82. The van der Waals surface area contributed by atoms with Crippen molar-refractivity contribution < 1.29 is 14.3 Å². The van der Waals surface area contributed by atoms with Gasteiger partial charge < -0.3 is 14.8 Å². The highest BCUT2D eigenvalue weighted by Gasteiger charge is 2.05. The van der Waals surface area contributed by atoms with E-state index in [1.807, 2.05) is 42.5 Å². The average Bonchev–Trinajstić information content (AvgIpc) is 2.58. The van der Waals surface area contributed by atoms with Gasteiger partial charge in [0.1, 0.15) is 11.5 Å². The average molecular weight is 378 g/mol. The first-order valence-corrected chi connectivity index (χ1v) is 8.13. The largest absolute Gasteiger partial charge is 0.497 e. The van der Waals surface area contributed by atoms with Crippen molar-refractivity contribution in [3.05, 3.63) is 58.1 Å². The van der Waals surface area contributed by atoms with Gasteiger partial charge in [-0.1, -0.05) is 18.2 Å². The van der Waals surface area contributed by atoms with Crippen LogP contribution in [0.15, 0.2) is 46.9 Å². The first-order valence-electron chi connectivity index (χ1n) is 7.34. The van der Waals surface area contributed by atoms with Crippen LogP contribution in [0.3, 0.4) is 0 Å². The smallest absolute Gasteiger partial charge is 0.220 e. The third-order valence-corrected chi connectivity index (χ3v) is 4.10. The van der Waals surface area contributed by atoms with Gasteiger partial charge in [0, 0.05) is 13.0 Å². The van der Waals surface area contributed by atoms with E-state index in [4.69, 9.17) is 9.47 Å². The molecule has 4 nitrogen and oxygen atoms in total. The number of nitrogens with one attached hydrogen (secondary N) is 1. The molecule has 23 heavy (non-hydrogen) atoms. The number of amides is 1. The molecule has 0 heterocycles. The molecular weight excluding hydrogens is 358 g/mol. The van der Waals surface area contributed by atoms with Crippen molar-refractivity contribution in [3.63, 3.8) is 0 Å². The number of aryl methyl sites for hydroxylation is 1. The highest BCUT2D eigenvalue weighted by atomic mass is 79.9. The maximum Gasteiger partial charge on any atom is 0.220 e. The van der Waals surface area contributed by atoms with Crippen LogP contribution in [0.4, 0.5) is 0 Å². The Morgan fingerprint density at radius 3 is 2.61 bits per heavy atom. The van der Waals surface area contributed by atoms with Crippen LogP contribution in [0, 0.1) is 0 Å². The normalized spacial score (nSPS) is 10.2. The molecule has 0 aromatic heterocycles. The minimum Gasteiger partial charge on any atom is -0.497 e. The molecule has 2 rings (SSSR count). The van der Waals surface area contributed by atoms with Crippen LogP contribution < -0.4 is 14.8 Å². The quantitative estimate of drug-likeness (QED) is 0.799. The fourth-order valence-electron chi connectivity index (χ4n) is 2.19. The summed E-state index contributed by atoms with van der Waals surface area (Å²) in [4.78, 5) is 12.0. The Morgan fingerprint density at radius 1 is 1.09 bits per heavy atom. The first-order chi connectivity index (χ1) is 11.1. The molecule has 2 aromatic carbocycles. The van der Waals surface area contributed by atoms with Gasteiger partial charge in [-0.05, 0) is 57.7 Å². The molecule has 0 unspecified atom stereocenters. The number of hydrogen-bond donors (Lipinski definition) is 1. The van der Waals surface area contributed by atoms with Crippen LogP contribution in [-0.4, -0.2) is 20.1 Å². The lowest BCUT2D eigenvalue weighted by Crippen LogP contribution is -2.23. The Morgan fingerprint density at radius 2 is 1.91 bits per heavy atom. The van der Waals surface area contributed by atoms with Crippen molar-refractivity contribution >= 4 is 21.8 Å². The second kappa shape index (κ2) is 8.58. The van der Waals surface area contributed by atoms with Crippen LogP contribution in [0.25, 0.3) is 0 Å². The molecule has 1 N–H and O–H groups in total. The second-order valence-electron chi connectivity index (χ2n) is 5.10. The molecule has 0 spiro atoms. The lowest BCUT2D eigenvalue weighted by molar-refractivity contribution is -0.121. The van der Waals surface area contributed by atoms with E-state index in [1.165, 1.54) is 0 Å². The molecular formula is C18H20BrNO3. The Labute approximate surface area is 144 Å². The fraction of sp³-hybridized carbons (Fsp3) is 0.278. The van der Waals surface area contributed by atoms with E-state index in [9.17, 15) is 4.79 Å². The van der Waals surface area contributed by atoms with E-state index in [1.54, 1.807) is 14.2 Å². The maximum absolute atomic E-state index is 12.0. The summed E-state index contributed by atoms with van der Waals surface area (Å²) in [6, 6.07) is 13.5. The molecule has 1 amide bonds. The fourth-order valence-corrected chi connectivity index (χ4v) is 2.78. The molecule has 2 aromatic rings. The van der Waals surface area contributed by atoms with Crippen molar-refractivity contribution in [1.82, 2.24) is 5.32 Å². The van der Waals surface area contributed by atoms with Gasteiger partial charge in [0.25, 0.3) is 0 Å². The summed E-state index contributed by atoms with van der Waals surface area (Å²) in [6.45, 7) is 0.502. The van der Waals surface area contributed by atoms with Crippen LogP contribution in [0.5, 0.6) is 11.5 Å². The van der Waals surface area contributed by atoms with Crippen LogP contribution in [0.1, 0.15) is 17.5 Å². The molecule has 0 bridgehead atoms. The lowest BCUT2D eigenvalue weighted by atomic mass is 10.1. The molecule has 0 aliphatic rings. The van der Waals surface area contributed by atoms with Crippen molar-refractivity contribution in [2.24, 2.45) is 0 Å². The molecule has 0 radical (unpaired) electrons. The van der Waals surface area contributed by atoms with Gasteiger partial charge in [0.2, 0.25) is 5.91 Å². The number of carbonyl (C=O) groups is 1. The summed E-state index contributed by atoms with van der Waals surface area (Å²) >= 11 is 3.45. The van der Waals surface area contributed by atoms with E-state index in [2.05, 4.69) is 21.2 Å². The number of carbonyl (C=O) groups excluding carboxylic acids is 1. The zero-order chi connectivity index (χ0) is 16.7. The number of rotatable bonds is 7. The lowest BCUT2D eigenvalue weighted by Gasteiger charge is -2.08. The maximum atomic E-state index is 12.0. The molecule has 5 heteroatoms. The second-order valence-corrected chi connectivity index (χ2v) is 5.95. The van der Waals surface area contributed by atoms with Gasteiger partial charge in [-0.2, -0.15) is 0 Å². The first kappa shape index (κ1) is 17.3. The summed E-state index contributed by atoms with van der Waals surface area (Å²) in [5, 5.41) is 2.93. The summed E-state index contributed by atoms with van der Waals surface area (Å²) in [5.41, 5.74) is 2.11. The molecule has 0 atom stereocenters. The van der Waals surface area contributed by atoms with Crippen molar-refractivity contribution in [2.75, 3.05) is 14.2 Å². The molecule has 0 saturated heterocycles. The predicted molar refractivity (Wildman–Crippen MR) is 93.9 cm³/mol.